The van der Waals surface area contributed by atoms with E-state index in [9.17, 15) is 9.18 Å². The third-order valence-electron chi connectivity index (χ3n) is 4.24. The van der Waals surface area contributed by atoms with Gasteiger partial charge < -0.3 is 10.6 Å². The zero-order chi connectivity index (χ0) is 14.5. The van der Waals surface area contributed by atoms with Crippen LogP contribution in [-0.4, -0.2) is 17.4 Å². The Bertz CT molecular complexity index is 476. The number of hydrogen-bond acceptors (Lipinski definition) is 2. The van der Waals surface area contributed by atoms with Gasteiger partial charge in [-0.2, -0.15) is 0 Å². The summed E-state index contributed by atoms with van der Waals surface area (Å²) in [6, 6.07) is 5.23. The Balaban J connectivity index is 2.10. The Morgan fingerprint density at radius 1 is 1.35 bits per heavy atom. The molecule has 0 bridgehead atoms. The average Bonchev–Trinajstić information content (AvgIpc) is 2.64. The van der Waals surface area contributed by atoms with Gasteiger partial charge >= 0.3 is 0 Å². The minimum atomic E-state index is -0.265. The molecule has 0 radical (unpaired) electrons. The summed E-state index contributed by atoms with van der Waals surface area (Å²) in [5.74, 6) is 0.488. The number of hydrogen-bond donors (Lipinski definition) is 1. The van der Waals surface area contributed by atoms with Crippen LogP contribution in [0.3, 0.4) is 0 Å². The molecule has 1 aromatic carbocycles. The van der Waals surface area contributed by atoms with Gasteiger partial charge in [0.15, 0.2) is 0 Å². The van der Waals surface area contributed by atoms with E-state index in [1.54, 1.807) is 23.1 Å². The van der Waals surface area contributed by atoms with E-state index in [-0.39, 0.29) is 18.3 Å². The van der Waals surface area contributed by atoms with E-state index in [1.165, 1.54) is 0 Å². The lowest BCUT2D eigenvalue weighted by atomic mass is 9.98. The van der Waals surface area contributed by atoms with E-state index in [2.05, 4.69) is 6.92 Å². The molecule has 2 N–H and O–H groups in total. The lowest BCUT2D eigenvalue weighted by molar-refractivity contribution is -0.131. The fourth-order valence-electron chi connectivity index (χ4n) is 2.79. The summed E-state index contributed by atoms with van der Waals surface area (Å²) in [7, 11) is 0. The van der Waals surface area contributed by atoms with Crippen molar-refractivity contribution in [2.24, 2.45) is 11.7 Å². The first-order chi connectivity index (χ1) is 9.65. The maximum atomic E-state index is 14.2. The largest absolute Gasteiger partial charge is 0.338 e. The van der Waals surface area contributed by atoms with Crippen LogP contribution in [0.2, 0.25) is 0 Å². The molecule has 1 fully saturated rings. The highest BCUT2D eigenvalue weighted by Gasteiger charge is 2.22. The molecule has 3 nitrogen and oxygen atoms in total. The number of halogens is 1. The van der Waals surface area contributed by atoms with E-state index >= 15 is 0 Å². The van der Waals surface area contributed by atoms with Crippen molar-refractivity contribution in [3.63, 3.8) is 0 Å². The first kappa shape index (κ1) is 15.0. The molecule has 1 amide bonds. The number of rotatable bonds is 4. The van der Waals surface area contributed by atoms with Crippen molar-refractivity contribution in [3.05, 3.63) is 35.1 Å². The molecule has 1 unspecified atom stereocenters. The van der Waals surface area contributed by atoms with Gasteiger partial charge in [0.05, 0.1) is 0 Å². The molecule has 20 heavy (non-hydrogen) atoms. The van der Waals surface area contributed by atoms with Gasteiger partial charge in [-0.25, -0.2) is 4.39 Å². The maximum absolute atomic E-state index is 14.2. The van der Waals surface area contributed by atoms with Gasteiger partial charge in [0.2, 0.25) is 5.91 Å². The fourth-order valence-corrected chi connectivity index (χ4v) is 2.79. The van der Waals surface area contributed by atoms with Gasteiger partial charge in [0.1, 0.15) is 5.82 Å². The Hall–Kier alpha value is -1.42. The summed E-state index contributed by atoms with van der Waals surface area (Å²) in [5, 5.41) is 0. The lowest BCUT2D eigenvalue weighted by Crippen LogP contribution is -2.30. The average molecular weight is 278 g/mol. The van der Waals surface area contributed by atoms with E-state index in [1.807, 2.05) is 0 Å². The predicted molar refractivity (Wildman–Crippen MR) is 77.3 cm³/mol. The molecule has 1 saturated heterocycles. The zero-order valence-electron chi connectivity index (χ0n) is 12.1. The number of nitrogens with zero attached hydrogens (tertiary/aromatic N) is 1. The summed E-state index contributed by atoms with van der Waals surface area (Å²) in [5.41, 5.74) is 6.60. The first-order valence-electron chi connectivity index (χ1n) is 7.39. The molecule has 1 atom stereocenters. The van der Waals surface area contributed by atoms with Crippen LogP contribution in [0.5, 0.6) is 0 Å². The molecule has 110 valence electrons. The van der Waals surface area contributed by atoms with Crippen LogP contribution in [0.15, 0.2) is 18.2 Å². The highest BCUT2D eigenvalue weighted by molar-refractivity contribution is 5.76. The highest BCUT2D eigenvalue weighted by atomic mass is 19.1. The first-order valence-corrected chi connectivity index (χ1v) is 7.39. The number of carbonyl (C=O) groups is 1. The van der Waals surface area contributed by atoms with E-state index in [0.717, 1.165) is 25.8 Å². The fraction of sp³-hybridized carbons (Fsp3) is 0.562. The molecule has 0 spiro atoms. The zero-order valence-corrected chi connectivity index (χ0v) is 12.1. The maximum Gasteiger partial charge on any atom is 0.222 e. The van der Waals surface area contributed by atoms with Crippen molar-refractivity contribution in [1.82, 2.24) is 4.90 Å². The molecule has 1 aliphatic heterocycles. The number of likely N-dealkylation sites (tertiary alicyclic amines) is 1. The Kier molecular flexibility index (Phi) is 5.12. The number of amides is 1. The van der Waals surface area contributed by atoms with Gasteiger partial charge in [-0.1, -0.05) is 31.5 Å². The minimum absolute atomic E-state index is 0.138. The van der Waals surface area contributed by atoms with Crippen molar-refractivity contribution < 1.29 is 9.18 Å². The number of nitrogens with two attached hydrogens (primary N) is 1. The molecular formula is C16H23FN2O. The number of carbonyl (C=O) groups excluding carboxylic acids is 1. The van der Waals surface area contributed by atoms with E-state index in [0.29, 0.717) is 30.0 Å². The summed E-state index contributed by atoms with van der Waals surface area (Å²) < 4.78 is 14.2. The smallest absolute Gasteiger partial charge is 0.222 e. The summed E-state index contributed by atoms with van der Waals surface area (Å²) in [6.07, 6.45) is 3.66. The normalized spacial score (nSPS) is 20.1. The van der Waals surface area contributed by atoms with Crippen LogP contribution in [0.1, 0.15) is 43.7 Å². The van der Waals surface area contributed by atoms with Crippen LogP contribution in [0.4, 0.5) is 4.39 Å². The lowest BCUT2D eigenvalue weighted by Gasteiger charge is -2.21. The molecule has 0 aliphatic carbocycles. The van der Waals surface area contributed by atoms with E-state index < -0.39 is 0 Å². The Morgan fingerprint density at radius 2 is 2.10 bits per heavy atom. The highest BCUT2D eigenvalue weighted by Crippen LogP contribution is 2.23. The second-order valence-corrected chi connectivity index (χ2v) is 5.51. The number of benzene rings is 1. The standard InChI is InChI=1S/C16H23FN2O/c1-2-12-6-7-15(20)19(9-8-12)11-14-5-3-4-13(10-18)16(14)17/h3-5,12H,2,6-11,18H2,1H3. The van der Waals surface area contributed by atoms with Crippen LogP contribution >= 0.6 is 0 Å². The van der Waals surface area contributed by atoms with E-state index in [4.69, 9.17) is 5.73 Å². The topological polar surface area (TPSA) is 46.3 Å². The molecule has 1 heterocycles. The molecule has 1 aromatic rings. The second-order valence-electron chi connectivity index (χ2n) is 5.51. The quantitative estimate of drug-likeness (QED) is 0.920. The summed E-state index contributed by atoms with van der Waals surface area (Å²) in [4.78, 5) is 13.9. The van der Waals surface area contributed by atoms with Gasteiger partial charge in [-0.05, 0) is 18.8 Å². The second kappa shape index (κ2) is 6.84. The minimum Gasteiger partial charge on any atom is -0.338 e. The van der Waals surface area contributed by atoms with Crippen molar-refractivity contribution in [2.75, 3.05) is 6.54 Å². The van der Waals surface area contributed by atoms with Gasteiger partial charge in [-0.15, -0.1) is 0 Å². The predicted octanol–water partition coefficient (Wildman–Crippen LogP) is 2.82. The Morgan fingerprint density at radius 3 is 2.80 bits per heavy atom. The van der Waals surface area contributed by atoms with Gasteiger partial charge in [0, 0.05) is 37.2 Å². The van der Waals surface area contributed by atoms with Gasteiger partial charge in [-0.3, -0.25) is 4.79 Å². The summed E-state index contributed by atoms with van der Waals surface area (Å²) >= 11 is 0. The van der Waals surface area contributed by atoms with Crippen LogP contribution < -0.4 is 5.73 Å². The SMILES string of the molecule is CCC1CCC(=O)N(Cc2cccc(CN)c2F)CC1. The van der Waals surface area contributed by atoms with Crippen molar-refractivity contribution in [2.45, 2.75) is 45.7 Å². The Labute approximate surface area is 120 Å². The van der Waals surface area contributed by atoms with Crippen molar-refractivity contribution >= 4 is 5.91 Å². The van der Waals surface area contributed by atoms with Crippen molar-refractivity contribution in [1.29, 1.82) is 0 Å². The molecular weight excluding hydrogens is 255 g/mol. The van der Waals surface area contributed by atoms with Gasteiger partial charge in [0.25, 0.3) is 0 Å². The third kappa shape index (κ3) is 3.37. The third-order valence-corrected chi connectivity index (χ3v) is 4.24. The van der Waals surface area contributed by atoms with Crippen LogP contribution in [0, 0.1) is 11.7 Å². The van der Waals surface area contributed by atoms with Crippen molar-refractivity contribution in [3.8, 4) is 0 Å². The summed E-state index contributed by atoms with van der Waals surface area (Å²) in [6.45, 7) is 3.43. The molecule has 1 aliphatic rings. The monoisotopic (exact) mass is 278 g/mol. The molecule has 4 heteroatoms. The van der Waals surface area contributed by atoms with Crippen LogP contribution in [-0.2, 0) is 17.9 Å². The van der Waals surface area contributed by atoms with Crippen LogP contribution in [0.25, 0.3) is 0 Å². The molecule has 0 saturated carbocycles. The molecule has 2 rings (SSSR count). The molecule has 0 aromatic heterocycles.